The number of fused-ring (bicyclic) bond motifs is 3. The van der Waals surface area contributed by atoms with Crippen LogP contribution in [0.15, 0.2) is 206 Å². The van der Waals surface area contributed by atoms with Gasteiger partial charge in [0.25, 0.3) is 0 Å². The van der Waals surface area contributed by atoms with E-state index in [2.05, 4.69) is 216 Å². The van der Waals surface area contributed by atoms with Gasteiger partial charge in [0.1, 0.15) is 0 Å². The summed E-state index contributed by atoms with van der Waals surface area (Å²) in [5.41, 5.74) is 18.8. The van der Waals surface area contributed by atoms with Gasteiger partial charge >= 0.3 is 0 Å². The Morgan fingerprint density at radius 2 is 0.732 bits per heavy atom. The maximum atomic E-state index is 2.53. The Morgan fingerprint density at radius 3 is 1.27 bits per heavy atom. The summed E-state index contributed by atoms with van der Waals surface area (Å²) in [6, 6.07) is 74.9. The third kappa shape index (κ3) is 6.40. The lowest BCUT2D eigenvalue weighted by Crippen LogP contribution is -2.09. The standard InChI is InChI=1S/C54H42N2/c1-4-12-39(13-5-1)41-20-22-45(23-21-41)46-30-37-54-52(38-46)51-18-10-11-19-53(51)56(54)50-35-28-44(29-36-50)43-26-33-49(34-27-43)55(47-16-8-3-9-17-47)48-31-24-42(25-32-48)40-14-6-2-7-15-40/h1-9,12-17,20-38H,10-11,18-19H2. The van der Waals surface area contributed by atoms with E-state index in [0.717, 1.165) is 29.9 Å². The first-order chi connectivity index (χ1) is 27.8. The molecule has 0 saturated carbocycles. The molecule has 0 spiro atoms. The number of benzene rings is 8. The van der Waals surface area contributed by atoms with Gasteiger partial charge in [-0.1, -0.05) is 146 Å². The molecule has 1 aliphatic carbocycles. The third-order valence-electron chi connectivity index (χ3n) is 11.4. The molecule has 10 rings (SSSR count). The molecule has 0 N–H and O–H groups in total. The van der Waals surface area contributed by atoms with Gasteiger partial charge < -0.3 is 9.47 Å². The highest BCUT2D eigenvalue weighted by Crippen LogP contribution is 2.39. The molecule has 1 heterocycles. The van der Waals surface area contributed by atoms with E-state index in [1.807, 2.05) is 0 Å². The number of aromatic nitrogens is 1. The first kappa shape index (κ1) is 33.7. The van der Waals surface area contributed by atoms with Crippen molar-refractivity contribution in [3.63, 3.8) is 0 Å². The van der Waals surface area contributed by atoms with Crippen LogP contribution in [0.1, 0.15) is 24.1 Å². The van der Waals surface area contributed by atoms with Crippen molar-refractivity contribution in [2.45, 2.75) is 25.7 Å². The minimum Gasteiger partial charge on any atom is -0.313 e. The molecule has 8 aromatic carbocycles. The molecule has 0 amide bonds. The van der Waals surface area contributed by atoms with Crippen molar-refractivity contribution < 1.29 is 0 Å². The van der Waals surface area contributed by atoms with Crippen molar-refractivity contribution in [3.05, 3.63) is 218 Å². The predicted molar refractivity (Wildman–Crippen MR) is 236 cm³/mol. The van der Waals surface area contributed by atoms with Crippen LogP contribution in [0.2, 0.25) is 0 Å². The third-order valence-corrected chi connectivity index (χ3v) is 11.4. The summed E-state index contributed by atoms with van der Waals surface area (Å²) >= 11 is 0. The van der Waals surface area contributed by atoms with Gasteiger partial charge in [-0.15, -0.1) is 0 Å². The molecule has 1 aliphatic rings. The van der Waals surface area contributed by atoms with Gasteiger partial charge in [0.05, 0.1) is 5.52 Å². The number of rotatable bonds is 8. The van der Waals surface area contributed by atoms with Crippen LogP contribution in [-0.4, -0.2) is 4.57 Å². The number of para-hydroxylation sites is 1. The quantitative estimate of drug-likeness (QED) is 0.152. The van der Waals surface area contributed by atoms with Crippen molar-refractivity contribution in [2.75, 3.05) is 4.90 Å². The summed E-state index contributed by atoms with van der Waals surface area (Å²) in [6.45, 7) is 0. The fourth-order valence-corrected chi connectivity index (χ4v) is 8.57. The largest absolute Gasteiger partial charge is 0.313 e. The number of hydrogen-bond donors (Lipinski definition) is 0. The monoisotopic (exact) mass is 718 g/mol. The van der Waals surface area contributed by atoms with Gasteiger partial charge in [0.15, 0.2) is 0 Å². The number of nitrogens with zero attached hydrogens (tertiary/aromatic N) is 2. The molecule has 2 heteroatoms. The van der Waals surface area contributed by atoms with Gasteiger partial charge in [-0.25, -0.2) is 0 Å². The Balaban J connectivity index is 0.940. The summed E-state index contributed by atoms with van der Waals surface area (Å²) in [7, 11) is 0. The lowest BCUT2D eigenvalue weighted by molar-refractivity contribution is 0.667. The zero-order chi connectivity index (χ0) is 37.3. The zero-order valence-corrected chi connectivity index (χ0v) is 31.4. The van der Waals surface area contributed by atoms with Crippen LogP contribution in [0.3, 0.4) is 0 Å². The first-order valence-corrected chi connectivity index (χ1v) is 19.8. The van der Waals surface area contributed by atoms with Crippen LogP contribution in [0, 0.1) is 0 Å². The highest BCUT2D eigenvalue weighted by molar-refractivity contribution is 5.92. The fraction of sp³-hybridized carbons (Fsp3) is 0.0741. The summed E-state index contributed by atoms with van der Waals surface area (Å²) in [4.78, 5) is 2.33. The Bertz CT molecular complexity index is 2730. The van der Waals surface area contributed by atoms with Crippen molar-refractivity contribution in [1.29, 1.82) is 0 Å². The maximum Gasteiger partial charge on any atom is 0.0534 e. The normalized spacial score (nSPS) is 12.4. The van der Waals surface area contributed by atoms with Crippen molar-refractivity contribution in [1.82, 2.24) is 4.57 Å². The average Bonchev–Trinajstić information content (AvgIpc) is 3.62. The molecule has 0 saturated heterocycles. The lowest BCUT2D eigenvalue weighted by atomic mass is 9.94. The SMILES string of the molecule is c1ccc(-c2ccc(-c3ccc4c(c3)c3c(n4-c4ccc(-c5ccc(N(c6ccccc6)c6ccc(-c7ccccc7)cc6)cc5)cc4)CCCC3)cc2)cc1. The maximum absolute atomic E-state index is 2.53. The molecule has 0 atom stereocenters. The molecule has 0 bridgehead atoms. The molecule has 1 aromatic heterocycles. The van der Waals surface area contributed by atoms with E-state index in [4.69, 9.17) is 0 Å². The molecule has 56 heavy (non-hydrogen) atoms. The second-order valence-electron chi connectivity index (χ2n) is 14.8. The van der Waals surface area contributed by atoms with E-state index in [9.17, 15) is 0 Å². The first-order valence-electron chi connectivity index (χ1n) is 19.8. The van der Waals surface area contributed by atoms with Crippen LogP contribution < -0.4 is 4.90 Å². The van der Waals surface area contributed by atoms with E-state index in [1.54, 1.807) is 0 Å². The van der Waals surface area contributed by atoms with Crippen molar-refractivity contribution in [2.24, 2.45) is 0 Å². The van der Waals surface area contributed by atoms with Crippen LogP contribution in [0.5, 0.6) is 0 Å². The number of aryl methyl sites for hydroxylation is 1. The summed E-state index contributed by atoms with van der Waals surface area (Å²) in [5.74, 6) is 0. The van der Waals surface area contributed by atoms with Gasteiger partial charge in [-0.3, -0.25) is 0 Å². The number of hydrogen-bond acceptors (Lipinski definition) is 1. The van der Waals surface area contributed by atoms with Crippen LogP contribution in [0.25, 0.3) is 61.1 Å². The highest BCUT2D eigenvalue weighted by Gasteiger charge is 2.22. The van der Waals surface area contributed by atoms with Gasteiger partial charge in [-0.2, -0.15) is 0 Å². The van der Waals surface area contributed by atoms with Crippen molar-refractivity contribution in [3.8, 4) is 50.2 Å². The Labute approximate surface area is 329 Å². The molecule has 9 aromatic rings. The molecule has 0 unspecified atom stereocenters. The summed E-state index contributed by atoms with van der Waals surface area (Å²) in [6.07, 6.45) is 4.73. The topological polar surface area (TPSA) is 8.17 Å². The van der Waals surface area contributed by atoms with Gasteiger partial charge in [-0.05, 0) is 136 Å². The fourth-order valence-electron chi connectivity index (χ4n) is 8.57. The molecule has 0 aliphatic heterocycles. The van der Waals surface area contributed by atoms with Crippen molar-refractivity contribution >= 4 is 28.0 Å². The van der Waals surface area contributed by atoms with Gasteiger partial charge in [0.2, 0.25) is 0 Å². The molecular formula is C54H42N2. The highest BCUT2D eigenvalue weighted by atomic mass is 15.1. The molecule has 2 nitrogen and oxygen atoms in total. The number of anilines is 3. The van der Waals surface area contributed by atoms with E-state index in [1.165, 1.54) is 85.2 Å². The summed E-state index contributed by atoms with van der Waals surface area (Å²) < 4.78 is 2.53. The van der Waals surface area contributed by atoms with E-state index in [0.29, 0.717) is 0 Å². The Kier molecular flexibility index (Phi) is 8.85. The van der Waals surface area contributed by atoms with E-state index in [-0.39, 0.29) is 0 Å². The van der Waals surface area contributed by atoms with Gasteiger partial charge in [0, 0.05) is 33.8 Å². The summed E-state index contributed by atoms with van der Waals surface area (Å²) in [5, 5.41) is 1.39. The second kappa shape index (κ2) is 14.7. The smallest absolute Gasteiger partial charge is 0.0534 e. The Morgan fingerprint density at radius 1 is 0.339 bits per heavy atom. The van der Waals surface area contributed by atoms with Crippen LogP contribution in [-0.2, 0) is 12.8 Å². The average molecular weight is 719 g/mol. The van der Waals surface area contributed by atoms with Crippen LogP contribution >= 0.6 is 0 Å². The van der Waals surface area contributed by atoms with E-state index < -0.39 is 0 Å². The minimum atomic E-state index is 1.11. The molecule has 0 radical (unpaired) electrons. The molecule has 0 fully saturated rings. The predicted octanol–water partition coefficient (Wildman–Crippen LogP) is 14.6. The lowest BCUT2D eigenvalue weighted by Gasteiger charge is -2.26. The van der Waals surface area contributed by atoms with Crippen LogP contribution in [0.4, 0.5) is 17.1 Å². The van der Waals surface area contributed by atoms with E-state index >= 15 is 0 Å². The second-order valence-corrected chi connectivity index (χ2v) is 14.8. The minimum absolute atomic E-state index is 1.11. The molecular weight excluding hydrogens is 677 g/mol. The molecule has 268 valence electrons. The Hall–Kier alpha value is -6.90. The zero-order valence-electron chi connectivity index (χ0n) is 31.4.